The highest BCUT2D eigenvalue weighted by Gasteiger charge is 2.26. The first-order valence-electron chi connectivity index (χ1n) is 4.48. The Morgan fingerprint density at radius 2 is 2.13 bits per heavy atom. The number of carboxylic acids is 1. The lowest BCUT2D eigenvalue weighted by Crippen LogP contribution is -2.16. The minimum Gasteiger partial charge on any atom is -0.492 e. The molecule has 0 unspecified atom stereocenters. The van der Waals surface area contributed by atoms with Crippen LogP contribution in [-0.2, 0) is 6.42 Å². The number of benzene rings is 1. The van der Waals surface area contributed by atoms with Gasteiger partial charge in [0, 0.05) is 11.6 Å². The van der Waals surface area contributed by atoms with E-state index in [9.17, 15) is 13.6 Å². The van der Waals surface area contributed by atoms with Crippen molar-refractivity contribution in [2.24, 2.45) is 0 Å². The molecule has 0 fully saturated rings. The first-order chi connectivity index (χ1) is 7.11. The molecular formula is C10H8F2O3. The molecular weight excluding hydrogens is 206 g/mol. The zero-order valence-electron chi connectivity index (χ0n) is 7.72. The Kier molecular flexibility index (Phi) is 2.30. The lowest BCUT2D eigenvalue weighted by Gasteiger charge is -2.19. The van der Waals surface area contributed by atoms with Crippen LogP contribution in [0.1, 0.15) is 22.3 Å². The summed E-state index contributed by atoms with van der Waals surface area (Å²) in [6.07, 6.45) is 0.982. The third kappa shape index (κ3) is 1.54. The van der Waals surface area contributed by atoms with Gasteiger partial charge in [0.2, 0.25) is 0 Å². The van der Waals surface area contributed by atoms with Gasteiger partial charge in [0.25, 0.3) is 0 Å². The van der Waals surface area contributed by atoms with Crippen LogP contribution >= 0.6 is 0 Å². The number of fused-ring (bicyclic) bond motifs is 1. The molecule has 1 aromatic carbocycles. The van der Waals surface area contributed by atoms with Gasteiger partial charge in [-0.25, -0.2) is 13.6 Å². The SMILES string of the molecule is O=C(O)c1c(F)cc(F)c2c1OCCC2. The molecule has 1 aliphatic heterocycles. The normalized spacial score (nSPS) is 14.3. The van der Waals surface area contributed by atoms with E-state index in [1.54, 1.807) is 0 Å². The highest BCUT2D eigenvalue weighted by molar-refractivity contribution is 5.92. The van der Waals surface area contributed by atoms with Crippen LogP contribution in [0.25, 0.3) is 0 Å². The van der Waals surface area contributed by atoms with Gasteiger partial charge < -0.3 is 9.84 Å². The molecule has 0 atom stereocenters. The molecule has 15 heavy (non-hydrogen) atoms. The average molecular weight is 214 g/mol. The zero-order chi connectivity index (χ0) is 11.0. The molecule has 0 aromatic heterocycles. The number of hydrogen-bond donors (Lipinski definition) is 1. The van der Waals surface area contributed by atoms with Crippen molar-refractivity contribution >= 4 is 5.97 Å². The molecule has 0 saturated carbocycles. The molecule has 1 aromatic rings. The van der Waals surface area contributed by atoms with Gasteiger partial charge in [-0.15, -0.1) is 0 Å². The third-order valence-electron chi connectivity index (χ3n) is 2.31. The molecule has 2 rings (SSSR count). The van der Waals surface area contributed by atoms with Crippen molar-refractivity contribution in [3.8, 4) is 5.75 Å². The molecule has 1 aliphatic rings. The Morgan fingerprint density at radius 3 is 2.80 bits per heavy atom. The van der Waals surface area contributed by atoms with E-state index in [-0.39, 0.29) is 17.9 Å². The van der Waals surface area contributed by atoms with Crippen molar-refractivity contribution in [2.75, 3.05) is 6.61 Å². The van der Waals surface area contributed by atoms with Gasteiger partial charge in [-0.1, -0.05) is 0 Å². The summed E-state index contributed by atoms with van der Waals surface area (Å²) < 4.78 is 31.5. The fraction of sp³-hybridized carbons (Fsp3) is 0.300. The van der Waals surface area contributed by atoms with Gasteiger partial charge in [0.15, 0.2) is 0 Å². The van der Waals surface area contributed by atoms with E-state index in [0.717, 1.165) is 0 Å². The quantitative estimate of drug-likeness (QED) is 0.777. The fourth-order valence-electron chi connectivity index (χ4n) is 1.65. The molecule has 80 valence electrons. The first-order valence-corrected chi connectivity index (χ1v) is 4.48. The predicted molar refractivity (Wildman–Crippen MR) is 47.1 cm³/mol. The highest BCUT2D eigenvalue weighted by atomic mass is 19.1. The van der Waals surface area contributed by atoms with E-state index >= 15 is 0 Å². The minimum absolute atomic E-state index is 0.153. The number of carbonyl (C=O) groups is 1. The average Bonchev–Trinajstić information content (AvgIpc) is 2.17. The van der Waals surface area contributed by atoms with E-state index in [4.69, 9.17) is 9.84 Å². The van der Waals surface area contributed by atoms with Crippen LogP contribution in [0.15, 0.2) is 6.07 Å². The van der Waals surface area contributed by atoms with E-state index in [2.05, 4.69) is 0 Å². The van der Waals surface area contributed by atoms with Crippen molar-refractivity contribution in [3.63, 3.8) is 0 Å². The van der Waals surface area contributed by atoms with Gasteiger partial charge in [0.05, 0.1) is 6.61 Å². The summed E-state index contributed by atoms with van der Waals surface area (Å²) in [4.78, 5) is 10.8. The summed E-state index contributed by atoms with van der Waals surface area (Å²) in [5.41, 5.74) is -0.425. The largest absolute Gasteiger partial charge is 0.492 e. The second-order valence-corrected chi connectivity index (χ2v) is 3.28. The maximum Gasteiger partial charge on any atom is 0.342 e. The van der Waals surface area contributed by atoms with E-state index in [1.165, 1.54) is 0 Å². The topological polar surface area (TPSA) is 46.5 Å². The van der Waals surface area contributed by atoms with E-state index < -0.39 is 23.2 Å². The van der Waals surface area contributed by atoms with E-state index in [0.29, 0.717) is 18.9 Å². The summed E-state index contributed by atoms with van der Waals surface area (Å²) in [6.45, 7) is 0.288. The Bertz CT molecular complexity index is 429. The highest BCUT2D eigenvalue weighted by Crippen LogP contribution is 2.33. The first kappa shape index (κ1) is 9.89. The smallest absolute Gasteiger partial charge is 0.342 e. The van der Waals surface area contributed by atoms with E-state index in [1.807, 2.05) is 0 Å². The molecule has 0 spiro atoms. The molecule has 1 heterocycles. The monoisotopic (exact) mass is 214 g/mol. The van der Waals surface area contributed by atoms with Crippen molar-refractivity contribution in [1.82, 2.24) is 0 Å². The molecule has 0 aliphatic carbocycles. The maximum absolute atomic E-state index is 13.3. The van der Waals surface area contributed by atoms with Crippen molar-refractivity contribution in [2.45, 2.75) is 12.8 Å². The van der Waals surface area contributed by atoms with Crippen molar-refractivity contribution in [3.05, 3.63) is 28.8 Å². The third-order valence-corrected chi connectivity index (χ3v) is 2.31. The van der Waals surface area contributed by atoms with Crippen LogP contribution in [0.2, 0.25) is 0 Å². The van der Waals surface area contributed by atoms with Gasteiger partial charge in [-0.3, -0.25) is 0 Å². The Labute approximate surface area is 84.3 Å². The summed E-state index contributed by atoms with van der Waals surface area (Å²) in [5.74, 6) is -3.44. The Morgan fingerprint density at radius 1 is 1.40 bits per heavy atom. The summed E-state index contributed by atoms with van der Waals surface area (Å²) in [5, 5.41) is 8.77. The number of halogens is 2. The van der Waals surface area contributed by atoms with Gasteiger partial charge >= 0.3 is 5.97 Å². The minimum atomic E-state index is -1.44. The second kappa shape index (κ2) is 3.49. The summed E-state index contributed by atoms with van der Waals surface area (Å²) in [6, 6.07) is 0.594. The second-order valence-electron chi connectivity index (χ2n) is 3.28. The van der Waals surface area contributed by atoms with Crippen LogP contribution in [0.3, 0.4) is 0 Å². The predicted octanol–water partition coefficient (Wildman–Crippen LogP) is 1.99. The number of ether oxygens (including phenoxy) is 1. The molecule has 0 bridgehead atoms. The molecule has 3 nitrogen and oxygen atoms in total. The standard InChI is InChI=1S/C10H8F2O3/c11-6-4-7(12)8(10(13)14)9-5(6)2-1-3-15-9/h4H,1-3H2,(H,13,14). The van der Waals surface area contributed by atoms with Gasteiger partial charge in [-0.05, 0) is 12.8 Å². The van der Waals surface area contributed by atoms with Gasteiger partial charge in [-0.2, -0.15) is 0 Å². The summed E-state index contributed by atoms with van der Waals surface area (Å²) >= 11 is 0. The molecule has 0 amide bonds. The number of carboxylic acid groups (broad SMARTS) is 1. The fourth-order valence-corrected chi connectivity index (χ4v) is 1.65. The molecule has 0 radical (unpaired) electrons. The maximum atomic E-state index is 13.3. The van der Waals surface area contributed by atoms with Crippen LogP contribution in [0, 0.1) is 11.6 Å². The van der Waals surface area contributed by atoms with Crippen LogP contribution < -0.4 is 4.74 Å². The van der Waals surface area contributed by atoms with Crippen LogP contribution in [0.4, 0.5) is 8.78 Å². The Balaban J connectivity index is 2.68. The molecule has 1 N–H and O–H groups in total. The number of aromatic carboxylic acids is 1. The van der Waals surface area contributed by atoms with Crippen LogP contribution in [0.5, 0.6) is 5.75 Å². The lowest BCUT2D eigenvalue weighted by atomic mass is 10.0. The van der Waals surface area contributed by atoms with Crippen LogP contribution in [-0.4, -0.2) is 17.7 Å². The summed E-state index contributed by atoms with van der Waals surface area (Å²) in [7, 11) is 0. The van der Waals surface area contributed by atoms with Crippen molar-refractivity contribution < 1.29 is 23.4 Å². The number of hydrogen-bond acceptors (Lipinski definition) is 2. The zero-order valence-corrected chi connectivity index (χ0v) is 7.72. The Hall–Kier alpha value is -1.65. The van der Waals surface area contributed by atoms with Crippen molar-refractivity contribution in [1.29, 1.82) is 0 Å². The lowest BCUT2D eigenvalue weighted by molar-refractivity contribution is 0.0685. The number of rotatable bonds is 1. The molecule has 0 saturated heterocycles. The molecule has 5 heteroatoms. The van der Waals surface area contributed by atoms with Gasteiger partial charge in [0.1, 0.15) is 22.9 Å².